The molecule has 0 aliphatic heterocycles. The van der Waals surface area contributed by atoms with Crippen molar-refractivity contribution >= 4 is 12.2 Å². The first-order valence-corrected chi connectivity index (χ1v) is 16.5. The van der Waals surface area contributed by atoms with Gasteiger partial charge < -0.3 is 0 Å². The van der Waals surface area contributed by atoms with E-state index in [0.717, 1.165) is 11.5 Å². The third kappa shape index (κ3) is 2.73. The first kappa shape index (κ1) is 16.8. The number of rotatable bonds is 4. The van der Waals surface area contributed by atoms with Crippen LogP contribution in [0.25, 0.3) is 12.2 Å². The zero-order chi connectivity index (χ0) is 17.6. The molecule has 0 bridgehead atoms. The summed E-state index contributed by atoms with van der Waals surface area (Å²) in [7, 11) is 3.46. The Kier molecular flexibility index (Phi) is 4.24. The summed E-state index contributed by atoms with van der Waals surface area (Å²) in [5.74, 6) is 1.88. The van der Waals surface area contributed by atoms with E-state index in [-0.39, 0.29) is 0 Å². The molecule has 0 saturated carbocycles. The Bertz CT molecular complexity index is 808. The molecule has 0 saturated heterocycles. The summed E-state index contributed by atoms with van der Waals surface area (Å²) in [5.41, 5.74) is 5.62. The van der Waals surface area contributed by atoms with Gasteiger partial charge in [-0.15, -0.1) is 0 Å². The van der Waals surface area contributed by atoms with E-state index in [1.54, 1.807) is 14.2 Å². The molecule has 2 atom stereocenters. The number of methoxy groups -OCH3 is 2. The van der Waals surface area contributed by atoms with Gasteiger partial charge in [-0.1, -0.05) is 0 Å². The van der Waals surface area contributed by atoms with Crippen LogP contribution in [0.2, 0.25) is 9.26 Å². The van der Waals surface area contributed by atoms with Crippen LogP contribution in [0, 0.1) is 0 Å². The second-order valence-electron chi connectivity index (χ2n) is 7.48. The Labute approximate surface area is 154 Å². The monoisotopic (exact) mass is 410 g/mol. The van der Waals surface area contributed by atoms with E-state index in [4.69, 9.17) is 9.47 Å². The quantitative estimate of drug-likeness (QED) is 0.634. The normalized spacial score (nSPS) is 20.5. The summed E-state index contributed by atoms with van der Waals surface area (Å²) in [5, 5.41) is 0. The Morgan fingerprint density at radius 2 is 1.16 bits per heavy atom. The van der Waals surface area contributed by atoms with E-state index < -0.39 is 20.3 Å². The van der Waals surface area contributed by atoms with E-state index in [0.29, 0.717) is 7.25 Å². The van der Waals surface area contributed by atoms with Crippen LogP contribution in [0.3, 0.4) is 0 Å². The Morgan fingerprint density at radius 3 is 1.56 bits per heavy atom. The maximum atomic E-state index is 5.39. The molecular formula is C22H24O2Zr. The molecule has 2 aliphatic rings. The Morgan fingerprint density at radius 1 is 0.720 bits per heavy atom. The molecule has 0 radical (unpaired) electrons. The molecule has 2 aromatic rings. The van der Waals surface area contributed by atoms with E-state index in [2.05, 4.69) is 70.0 Å². The fraction of sp³-hybridized carbons (Fsp3) is 0.273. The van der Waals surface area contributed by atoms with Crippen molar-refractivity contribution < 1.29 is 29.7 Å². The maximum absolute atomic E-state index is 5.39. The van der Waals surface area contributed by atoms with Gasteiger partial charge in [0.2, 0.25) is 0 Å². The number of ether oxygens (including phenoxy) is 2. The number of fused-ring (bicyclic) bond motifs is 2. The van der Waals surface area contributed by atoms with Crippen LogP contribution in [0.5, 0.6) is 11.5 Å². The average Bonchev–Trinajstić information content (AvgIpc) is 3.24. The summed E-state index contributed by atoms with van der Waals surface area (Å²) in [6.45, 7) is 0. The van der Waals surface area contributed by atoms with Gasteiger partial charge in [0, 0.05) is 0 Å². The molecule has 128 valence electrons. The van der Waals surface area contributed by atoms with Crippen LogP contribution in [0.1, 0.15) is 29.5 Å². The van der Waals surface area contributed by atoms with E-state index >= 15 is 0 Å². The van der Waals surface area contributed by atoms with Crippen molar-refractivity contribution in [2.75, 3.05) is 14.2 Å². The van der Waals surface area contributed by atoms with Gasteiger partial charge in [-0.25, -0.2) is 0 Å². The van der Waals surface area contributed by atoms with Crippen LogP contribution in [0.15, 0.2) is 48.6 Å². The minimum atomic E-state index is -2.53. The molecule has 0 amide bonds. The predicted octanol–water partition coefficient (Wildman–Crippen LogP) is 5.79. The van der Waals surface area contributed by atoms with Crippen molar-refractivity contribution in [2.24, 2.45) is 0 Å². The fourth-order valence-electron chi connectivity index (χ4n) is 4.31. The molecule has 0 spiro atoms. The molecular weight excluding hydrogens is 387 g/mol. The van der Waals surface area contributed by atoms with Gasteiger partial charge in [-0.2, -0.15) is 0 Å². The van der Waals surface area contributed by atoms with Gasteiger partial charge in [-0.05, 0) is 0 Å². The SMILES string of the molecule is COc1ccc2c(c1)C=C[CH]2[Zr]([CH3])([CH3])[CH]1C=Cc2cc(OC)ccc21. The molecule has 0 fully saturated rings. The van der Waals surface area contributed by atoms with Crippen LogP contribution in [-0.4, -0.2) is 14.2 Å². The molecule has 2 aromatic carbocycles. The summed E-state index contributed by atoms with van der Waals surface area (Å²) >= 11 is -2.53. The number of benzene rings is 2. The van der Waals surface area contributed by atoms with Gasteiger partial charge in [0.15, 0.2) is 0 Å². The summed E-state index contributed by atoms with van der Waals surface area (Å²) in [4.78, 5) is 0. The molecule has 25 heavy (non-hydrogen) atoms. The summed E-state index contributed by atoms with van der Waals surface area (Å²) in [6, 6.07) is 13.1. The van der Waals surface area contributed by atoms with Crippen LogP contribution in [0.4, 0.5) is 0 Å². The zero-order valence-corrected chi connectivity index (χ0v) is 17.7. The minimum absolute atomic E-state index is 0.595. The molecule has 2 aliphatic carbocycles. The topological polar surface area (TPSA) is 18.5 Å². The fourth-order valence-corrected chi connectivity index (χ4v) is 13.4. The van der Waals surface area contributed by atoms with Crippen LogP contribution >= 0.6 is 0 Å². The molecule has 2 unspecified atom stereocenters. The molecule has 3 heteroatoms. The Hall–Kier alpha value is -1.60. The first-order valence-electron chi connectivity index (χ1n) is 8.77. The van der Waals surface area contributed by atoms with Crippen LogP contribution in [-0.2, 0) is 20.3 Å². The average molecular weight is 412 g/mol. The van der Waals surface area contributed by atoms with Gasteiger partial charge in [0.05, 0.1) is 0 Å². The van der Waals surface area contributed by atoms with Crippen molar-refractivity contribution in [3.63, 3.8) is 0 Å². The molecule has 4 rings (SSSR count). The van der Waals surface area contributed by atoms with E-state index in [9.17, 15) is 0 Å². The summed E-state index contributed by atoms with van der Waals surface area (Å²) < 4.78 is 17.1. The van der Waals surface area contributed by atoms with Crippen molar-refractivity contribution in [3.05, 3.63) is 70.8 Å². The zero-order valence-electron chi connectivity index (χ0n) is 15.2. The number of allylic oxidation sites excluding steroid dienone is 2. The molecule has 0 N–H and O–H groups in total. The van der Waals surface area contributed by atoms with E-state index in [1.165, 1.54) is 22.3 Å². The van der Waals surface area contributed by atoms with Gasteiger partial charge >= 0.3 is 155 Å². The standard InChI is InChI=1S/2C10H9O.2CH3.Zr/c2*1-11-10-6-5-8-3-2-4-9(8)7-10;;;/h2*2-7H,1H3;2*1H3;. The third-order valence-electron chi connectivity index (χ3n) is 5.80. The second kappa shape index (κ2) is 6.29. The second-order valence-corrected chi connectivity index (χ2v) is 19.5. The molecule has 0 heterocycles. The van der Waals surface area contributed by atoms with Crippen molar-refractivity contribution in [2.45, 2.75) is 16.5 Å². The molecule has 2 nitrogen and oxygen atoms in total. The van der Waals surface area contributed by atoms with Gasteiger partial charge in [-0.3, -0.25) is 0 Å². The summed E-state index contributed by atoms with van der Waals surface area (Å²) in [6.07, 6.45) is 9.45. The number of hydrogen-bond acceptors (Lipinski definition) is 2. The first-order chi connectivity index (χ1) is 12.0. The van der Waals surface area contributed by atoms with Crippen LogP contribution < -0.4 is 9.47 Å². The van der Waals surface area contributed by atoms with Gasteiger partial charge in [0.1, 0.15) is 0 Å². The third-order valence-corrected chi connectivity index (χ3v) is 16.2. The predicted molar refractivity (Wildman–Crippen MR) is 101 cm³/mol. The molecule has 0 aromatic heterocycles. The van der Waals surface area contributed by atoms with E-state index in [1.807, 2.05) is 0 Å². The van der Waals surface area contributed by atoms with Crippen molar-refractivity contribution in [1.82, 2.24) is 0 Å². The van der Waals surface area contributed by atoms with Crippen molar-refractivity contribution in [1.29, 1.82) is 0 Å². The number of hydrogen-bond donors (Lipinski definition) is 0. The Balaban J connectivity index is 1.70. The van der Waals surface area contributed by atoms with Gasteiger partial charge in [0.25, 0.3) is 0 Å². The van der Waals surface area contributed by atoms with Crippen molar-refractivity contribution in [3.8, 4) is 11.5 Å².